The minimum atomic E-state index is -0.238. The standard InChI is InChI=1S/C17H20N2O3/c1-11-9-19(10-12(2)22-11)15-14(13-7-5-4-6-8-13)16(20)18(3)17(15)21/h4-8,11-12H,9-10H2,1-3H3. The van der Waals surface area contributed by atoms with Crippen LogP contribution in [-0.2, 0) is 14.3 Å². The largest absolute Gasteiger partial charge is 0.372 e. The monoisotopic (exact) mass is 300 g/mol. The van der Waals surface area contributed by atoms with Gasteiger partial charge in [-0.1, -0.05) is 30.3 Å². The van der Waals surface area contributed by atoms with Crippen LogP contribution in [0.4, 0.5) is 0 Å². The summed E-state index contributed by atoms with van der Waals surface area (Å²) < 4.78 is 5.73. The molecule has 1 aromatic carbocycles. The lowest BCUT2D eigenvalue weighted by Crippen LogP contribution is -2.46. The molecular weight excluding hydrogens is 280 g/mol. The van der Waals surface area contributed by atoms with Crippen LogP contribution in [0.5, 0.6) is 0 Å². The number of likely N-dealkylation sites (N-methyl/N-ethyl adjacent to an activating group) is 1. The van der Waals surface area contributed by atoms with E-state index in [1.807, 2.05) is 49.1 Å². The van der Waals surface area contributed by atoms with E-state index in [9.17, 15) is 9.59 Å². The third-order valence-electron chi connectivity index (χ3n) is 4.06. The van der Waals surface area contributed by atoms with Crippen LogP contribution >= 0.6 is 0 Å². The topological polar surface area (TPSA) is 49.9 Å². The maximum atomic E-state index is 12.6. The fraction of sp³-hybridized carbons (Fsp3) is 0.412. The number of morpholine rings is 1. The van der Waals surface area contributed by atoms with E-state index in [2.05, 4.69) is 0 Å². The zero-order valence-corrected chi connectivity index (χ0v) is 13.1. The maximum absolute atomic E-state index is 12.6. The van der Waals surface area contributed by atoms with Crippen LogP contribution in [0.2, 0.25) is 0 Å². The number of amides is 2. The third kappa shape index (κ3) is 2.41. The van der Waals surface area contributed by atoms with E-state index in [1.165, 1.54) is 11.9 Å². The van der Waals surface area contributed by atoms with E-state index >= 15 is 0 Å². The zero-order chi connectivity index (χ0) is 15.9. The molecule has 3 rings (SSSR count). The van der Waals surface area contributed by atoms with Crippen LogP contribution in [0.25, 0.3) is 5.57 Å². The smallest absolute Gasteiger partial charge is 0.277 e. The molecule has 0 N–H and O–H groups in total. The lowest BCUT2D eigenvalue weighted by molar-refractivity contribution is -0.136. The van der Waals surface area contributed by atoms with Crippen molar-refractivity contribution in [1.29, 1.82) is 0 Å². The Morgan fingerprint density at radius 1 is 1.00 bits per heavy atom. The normalized spacial score (nSPS) is 26.1. The molecule has 0 radical (unpaired) electrons. The van der Waals surface area contributed by atoms with Crippen LogP contribution in [0.1, 0.15) is 19.4 Å². The number of benzene rings is 1. The van der Waals surface area contributed by atoms with Gasteiger partial charge in [0.25, 0.3) is 11.8 Å². The first kappa shape index (κ1) is 14.8. The van der Waals surface area contributed by atoms with Crippen molar-refractivity contribution in [3.8, 4) is 0 Å². The summed E-state index contributed by atoms with van der Waals surface area (Å²) in [6.45, 7) is 5.19. The molecule has 0 saturated carbocycles. The molecule has 116 valence electrons. The summed E-state index contributed by atoms with van der Waals surface area (Å²) >= 11 is 0. The highest BCUT2D eigenvalue weighted by atomic mass is 16.5. The van der Waals surface area contributed by atoms with Crippen molar-refractivity contribution in [2.45, 2.75) is 26.1 Å². The Labute approximate surface area is 130 Å². The van der Waals surface area contributed by atoms with E-state index in [0.717, 1.165) is 5.56 Å². The Kier molecular flexibility index (Phi) is 3.74. The zero-order valence-electron chi connectivity index (χ0n) is 13.1. The van der Waals surface area contributed by atoms with Gasteiger partial charge >= 0.3 is 0 Å². The van der Waals surface area contributed by atoms with Gasteiger partial charge in [0.2, 0.25) is 0 Å². The van der Waals surface area contributed by atoms with Gasteiger partial charge in [-0.2, -0.15) is 0 Å². The average Bonchev–Trinajstić information content (AvgIpc) is 2.71. The van der Waals surface area contributed by atoms with Crippen molar-refractivity contribution in [2.75, 3.05) is 20.1 Å². The molecule has 1 saturated heterocycles. The minimum Gasteiger partial charge on any atom is -0.372 e. The fourth-order valence-corrected chi connectivity index (χ4v) is 3.15. The van der Waals surface area contributed by atoms with Crippen LogP contribution in [0.15, 0.2) is 36.0 Å². The van der Waals surface area contributed by atoms with Gasteiger partial charge in [0.05, 0.1) is 17.8 Å². The van der Waals surface area contributed by atoms with Crippen molar-refractivity contribution < 1.29 is 14.3 Å². The van der Waals surface area contributed by atoms with Crippen molar-refractivity contribution in [3.63, 3.8) is 0 Å². The van der Waals surface area contributed by atoms with Gasteiger partial charge in [-0.05, 0) is 19.4 Å². The molecular formula is C17H20N2O3. The molecule has 5 heteroatoms. The number of hydrogen-bond donors (Lipinski definition) is 0. The molecule has 2 unspecified atom stereocenters. The average molecular weight is 300 g/mol. The SMILES string of the molecule is CC1CN(C2=C(c3ccccc3)C(=O)N(C)C2=O)CC(C)O1. The molecule has 2 heterocycles. The molecule has 0 aliphatic carbocycles. The summed E-state index contributed by atoms with van der Waals surface area (Å²) in [6.07, 6.45) is 0.0594. The number of carbonyl (C=O) groups excluding carboxylic acids is 2. The van der Waals surface area contributed by atoms with Gasteiger partial charge in [0.1, 0.15) is 5.70 Å². The number of rotatable bonds is 2. The highest BCUT2D eigenvalue weighted by Gasteiger charge is 2.41. The lowest BCUT2D eigenvalue weighted by Gasteiger charge is -2.37. The second-order valence-corrected chi connectivity index (χ2v) is 5.92. The molecule has 1 fully saturated rings. The highest BCUT2D eigenvalue weighted by Crippen LogP contribution is 2.32. The van der Waals surface area contributed by atoms with E-state index in [1.54, 1.807) is 0 Å². The number of hydrogen-bond acceptors (Lipinski definition) is 4. The van der Waals surface area contributed by atoms with Crippen LogP contribution in [0, 0.1) is 0 Å². The van der Waals surface area contributed by atoms with Crippen LogP contribution < -0.4 is 0 Å². The van der Waals surface area contributed by atoms with Crippen LogP contribution in [-0.4, -0.2) is 54.0 Å². The van der Waals surface area contributed by atoms with E-state index in [4.69, 9.17) is 4.74 Å². The van der Waals surface area contributed by atoms with Crippen molar-refractivity contribution >= 4 is 17.4 Å². The van der Waals surface area contributed by atoms with Gasteiger partial charge in [0.15, 0.2) is 0 Å². The summed E-state index contributed by atoms with van der Waals surface area (Å²) in [5.41, 5.74) is 1.78. The molecule has 2 amide bonds. The number of carbonyl (C=O) groups is 2. The lowest BCUT2D eigenvalue weighted by atomic mass is 10.0. The minimum absolute atomic E-state index is 0.0297. The van der Waals surface area contributed by atoms with Gasteiger partial charge < -0.3 is 9.64 Å². The van der Waals surface area contributed by atoms with E-state index < -0.39 is 0 Å². The third-order valence-corrected chi connectivity index (χ3v) is 4.06. The number of imide groups is 1. The first-order valence-electron chi connectivity index (χ1n) is 7.51. The van der Waals surface area contributed by atoms with Gasteiger partial charge in [-0.25, -0.2) is 0 Å². The molecule has 2 atom stereocenters. The number of nitrogens with zero attached hydrogens (tertiary/aromatic N) is 2. The maximum Gasteiger partial charge on any atom is 0.277 e. The molecule has 22 heavy (non-hydrogen) atoms. The second-order valence-electron chi connectivity index (χ2n) is 5.92. The molecule has 0 bridgehead atoms. The van der Waals surface area contributed by atoms with Crippen LogP contribution in [0.3, 0.4) is 0 Å². The quantitative estimate of drug-likeness (QED) is 0.777. The molecule has 2 aliphatic heterocycles. The van der Waals surface area contributed by atoms with E-state index in [-0.39, 0.29) is 24.0 Å². The molecule has 5 nitrogen and oxygen atoms in total. The summed E-state index contributed by atoms with van der Waals surface area (Å²) in [7, 11) is 1.54. The van der Waals surface area contributed by atoms with Gasteiger partial charge in [-0.3, -0.25) is 14.5 Å². The van der Waals surface area contributed by atoms with Crippen molar-refractivity contribution in [2.24, 2.45) is 0 Å². The molecule has 1 aromatic rings. The van der Waals surface area contributed by atoms with Crippen molar-refractivity contribution in [3.05, 3.63) is 41.6 Å². The summed E-state index contributed by atoms with van der Waals surface area (Å²) in [6, 6.07) is 9.38. The number of ether oxygens (including phenoxy) is 1. The fourth-order valence-electron chi connectivity index (χ4n) is 3.15. The predicted octanol–water partition coefficient (Wildman–Crippen LogP) is 1.51. The highest BCUT2D eigenvalue weighted by molar-refractivity contribution is 6.35. The summed E-state index contributed by atoms with van der Waals surface area (Å²) in [5.74, 6) is -0.469. The molecule has 2 aliphatic rings. The Hall–Kier alpha value is -2.14. The summed E-state index contributed by atoms with van der Waals surface area (Å²) in [5, 5.41) is 0. The molecule has 0 aromatic heterocycles. The Balaban J connectivity index is 2.08. The van der Waals surface area contributed by atoms with Crippen molar-refractivity contribution in [1.82, 2.24) is 9.80 Å². The van der Waals surface area contributed by atoms with Gasteiger partial charge in [0, 0.05) is 20.1 Å². The first-order chi connectivity index (χ1) is 10.5. The Morgan fingerprint density at radius 3 is 2.18 bits per heavy atom. The molecule has 0 spiro atoms. The predicted molar refractivity (Wildman–Crippen MR) is 82.7 cm³/mol. The second kappa shape index (κ2) is 5.57. The van der Waals surface area contributed by atoms with E-state index in [0.29, 0.717) is 24.4 Å². The summed E-state index contributed by atoms with van der Waals surface area (Å²) in [4.78, 5) is 28.3. The Bertz CT molecular complexity index is 629. The van der Waals surface area contributed by atoms with Gasteiger partial charge in [-0.15, -0.1) is 0 Å². The first-order valence-corrected chi connectivity index (χ1v) is 7.51. The Morgan fingerprint density at radius 2 is 1.59 bits per heavy atom.